The van der Waals surface area contributed by atoms with E-state index in [2.05, 4.69) is 18.8 Å². The number of aromatic nitrogens is 1. The van der Waals surface area contributed by atoms with E-state index in [4.69, 9.17) is 4.74 Å². The Kier molecular flexibility index (Phi) is 5.84. The molecule has 1 heterocycles. The summed E-state index contributed by atoms with van der Waals surface area (Å²) in [5, 5.41) is 9.38. The van der Waals surface area contributed by atoms with Gasteiger partial charge in [0.2, 0.25) is 5.88 Å². The maximum atomic E-state index is 9.38. The van der Waals surface area contributed by atoms with Crippen LogP contribution in [0.1, 0.15) is 63.6 Å². The molecular formula is C17H27NO2. The number of hydrogen-bond acceptors (Lipinski definition) is 3. The van der Waals surface area contributed by atoms with Crippen molar-refractivity contribution >= 4 is 0 Å². The zero-order chi connectivity index (χ0) is 14.4. The quantitative estimate of drug-likeness (QED) is 0.858. The van der Waals surface area contributed by atoms with Gasteiger partial charge in [-0.3, -0.25) is 0 Å². The monoisotopic (exact) mass is 277 g/mol. The van der Waals surface area contributed by atoms with Gasteiger partial charge in [0.15, 0.2) is 0 Å². The lowest BCUT2D eigenvalue weighted by Crippen LogP contribution is -2.30. The third-order valence-electron chi connectivity index (χ3n) is 4.24. The molecule has 2 atom stereocenters. The minimum Gasteiger partial charge on any atom is -0.474 e. The van der Waals surface area contributed by atoms with E-state index in [0.717, 1.165) is 30.5 Å². The average molecular weight is 277 g/mol. The molecule has 0 radical (unpaired) electrons. The van der Waals surface area contributed by atoms with Crippen LogP contribution in [0.4, 0.5) is 0 Å². The second-order valence-electron chi connectivity index (χ2n) is 5.82. The van der Waals surface area contributed by atoms with E-state index >= 15 is 0 Å². The summed E-state index contributed by atoms with van der Waals surface area (Å²) in [6, 6.07) is 3.87. The van der Waals surface area contributed by atoms with Gasteiger partial charge in [-0.05, 0) is 49.7 Å². The van der Waals surface area contributed by atoms with Crippen molar-refractivity contribution in [3.05, 3.63) is 23.4 Å². The third-order valence-corrected chi connectivity index (χ3v) is 4.24. The molecule has 112 valence electrons. The molecule has 1 fully saturated rings. The molecule has 1 aliphatic rings. The van der Waals surface area contributed by atoms with Crippen LogP contribution >= 0.6 is 0 Å². The van der Waals surface area contributed by atoms with Gasteiger partial charge in [0.25, 0.3) is 0 Å². The number of aryl methyl sites for hydroxylation is 1. The van der Waals surface area contributed by atoms with Crippen LogP contribution in [-0.2, 0) is 13.0 Å². The molecule has 3 nitrogen and oxygen atoms in total. The minimum atomic E-state index is 0.0530. The van der Waals surface area contributed by atoms with Crippen molar-refractivity contribution in [3.8, 4) is 5.88 Å². The maximum absolute atomic E-state index is 9.38. The lowest BCUT2D eigenvalue weighted by molar-refractivity contribution is 0.0854. The van der Waals surface area contributed by atoms with Crippen molar-refractivity contribution in [1.29, 1.82) is 0 Å². The summed E-state index contributed by atoms with van der Waals surface area (Å²) in [6.45, 7) is 4.44. The number of ether oxygens (including phenoxy) is 1. The van der Waals surface area contributed by atoms with Crippen LogP contribution < -0.4 is 4.74 Å². The second-order valence-corrected chi connectivity index (χ2v) is 5.82. The fourth-order valence-corrected chi connectivity index (χ4v) is 3.11. The van der Waals surface area contributed by atoms with Crippen LogP contribution in [0.25, 0.3) is 0 Å². The summed E-state index contributed by atoms with van der Waals surface area (Å²) in [4.78, 5) is 4.60. The first-order valence-corrected chi connectivity index (χ1v) is 8.04. The Morgan fingerprint density at radius 1 is 1.25 bits per heavy atom. The van der Waals surface area contributed by atoms with E-state index in [9.17, 15) is 5.11 Å². The first-order chi connectivity index (χ1) is 9.76. The first kappa shape index (κ1) is 15.3. The Morgan fingerprint density at radius 2 is 2.05 bits per heavy atom. The van der Waals surface area contributed by atoms with Crippen molar-refractivity contribution in [2.24, 2.45) is 5.92 Å². The van der Waals surface area contributed by atoms with Gasteiger partial charge in [-0.15, -0.1) is 0 Å². The Morgan fingerprint density at radius 3 is 2.75 bits per heavy atom. The fourth-order valence-electron chi connectivity index (χ4n) is 3.11. The predicted octanol–water partition coefficient (Wildman–Crippen LogP) is 3.87. The highest BCUT2D eigenvalue weighted by Crippen LogP contribution is 2.30. The Balaban J connectivity index is 2.12. The van der Waals surface area contributed by atoms with Crippen LogP contribution in [0.15, 0.2) is 12.1 Å². The molecule has 2 rings (SSSR count). The van der Waals surface area contributed by atoms with Crippen LogP contribution in [0, 0.1) is 5.92 Å². The van der Waals surface area contributed by atoms with Gasteiger partial charge in [-0.2, -0.15) is 0 Å². The summed E-state index contributed by atoms with van der Waals surface area (Å²) < 4.78 is 6.17. The first-order valence-electron chi connectivity index (χ1n) is 8.04. The molecule has 1 aliphatic carbocycles. The third kappa shape index (κ3) is 3.95. The molecule has 0 saturated heterocycles. The van der Waals surface area contributed by atoms with Gasteiger partial charge in [-0.1, -0.05) is 26.7 Å². The Hall–Kier alpha value is -1.09. The van der Waals surface area contributed by atoms with Gasteiger partial charge in [0.05, 0.1) is 6.61 Å². The molecule has 0 aliphatic heterocycles. The van der Waals surface area contributed by atoms with Crippen molar-refractivity contribution in [2.45, 2.75) is 71.5 Å². The van der Waals surface area contributed by atoms with Crippen LogP contribution in [0.5, 0.6) is 5.88 Å². The topological polar surface area (TPSA) is 42.4 Å². The van der Waals surface area contributed by atoms with E-state index in [1.165, 1.54) is 25.7 Å². The van der Waals surface area contributed by atoms with Gasteiger partial charge in [0.1, 0.15) is 6.10 Å². The Bertz CT molecular complexity index is 419. The largest absolute Gasteiger partial charge is 0.474 e. The second kappa shape index (κ2) is 7.63. The minimum absolute atomic E-state index is 0.0530. The van der Waals surface area contributed by atoms with Gasteiger partial charge >= 0.3 is 0 Å². The summed E-state index contributed by atoms with van der Waals surface area (Å²) in [5.74, 6) is 1.35. The number of rotatable bonds is 6. The molecule has 1 saturated carbocycles. The lowest BCUT2D eigenvalue weighted by atomic mass is 9.85. The molecule has 20 heavy (non-hydrogen) atoms. The van der Waals surface area contributed by atoms with Gasteiger partial charge < -0.3 is 9.84 Å². The van der Waals surface area contributed by atoms with Crippen LogP contribution in [0.3, 0.4) is 0 Å². The van der Waals surface area contributed by atoms with Crippen molar-refractivity contribution < 1.29 is 9.84 Å². The average Bonchev–Trinajstić information content (AvgIpc) is 2.48. The molecule has 0 aromatic carbocycles. The van der Waals surface area contributed by atoms with E-state index in [1.807, 2.05) is 12.1 Å². The number of nitrogens with zero attached hydrogens (tertiary/aromatic N) is 1. The van der Waals surface area contributed by atoms with Gasteiger partial charge in [0, 0.05) is 11.8 Å². The van der Waals surface area contributed by atoms with Crippen molar-refractivity contribution in [3.63, 3.8) is 0 Å². The number of hydrogen-bond donors (Lipinski definition) is 1. The van der Waals surface area contributed by atoms with Crippen LogP contribution in [-0.4, -0.2) is 16.2 Å². The number of aliphatic hydroxyl groups is 1. The van der Waals surface area contributed by atoms with Gasteiger partial charge in [-0.25, -0.2) is 4.98 Å². The molecule has 1 aromatic heterocycles. The molecule has 2 unspecified atom stereocenters. The normalized spacial score (nSPS) is 22.8. The van der Waals surface area contributed by atoms with E-state index in [0.29, 0.717) is 17.9 Å². The molecular weight excluding hydrogens is 250 g/mol. The summed E-state index contributed by atoms with van der Waals surface area (Å²) in [7, 11) is 0. The molecule has 0 amide bonds. The number of aliphatic hydroxyl groups excluding tert-OH is 1. The van der Waals surface area contributed by atoms with Crippen molar-refractivity contribution in [1.82, 2.24) is 4.98 Å². The highest BCUT2D eigenvalue weighted by atomic mass is 16.5. The zero-order valence-corrected chi connectivity index (χ0v) is 12.8. The zero-order valence-electron chi connectivity index (χ0n) is 12.8. The van der Waals surface area contributed by atoms with E-state index < -0.39 is 0 Å². The molecule has 1 N–H and O–H groups in total. The standard InChI is InChI=1S/C17H27NO2/c1-3-7-15-10-13(12-19)11-17(18-15)20-16-9-6-5-8-14(16)4-2/h10-11,14,16,19H,3-9,12H2,1-2H3. The summed E-state index contributed by atoms with van der Waals surface area (Å²) >= 11 is 0. The highest BCUT2D eigenvalue weighted by Gasteiger charge is 2.25. The van der Waals surface area contributed by atoms with E-state index in [-0.39, 0.29) is 6.61 Å². The lowest BCUT2D eigenvalue weighted by Gasteiger charge is -2.31. The molecule has 0 spiro atoms. The maximum Gasteiger partial charge on any atom is 0.214 e. The van der Waals surface area contributed by atoms with Crippen molar-refractivity contribution in [2.75, 3.05) is 0 Å². The highest BCUT2D eigenvalue weighted by molar-refractivity contribution is 5.25. The molecule has 1 aromatic rings. The fraction of sp³-hybridized carbons (Fsp3) is 0.706. The summed E-state index contributed by atoms with van der Waals surface area (Å²) in [5.41, 5.74) is 1.93. The van der Waals surface area contributed by atoms with Crippen LogP contribution in [0.2, 0.25) is 0 Å². The van der Waals surface area contributed by atoms with E-state index in [1.54, 1.807) is 0 Å². The molecule has 3 heteroatoms. The SMILES string of the molecule is CCCc1cc(CO)cc(OC2CCCCC2CC)n1. The Labute approximate surface area is 122 Å². The predicted molar refractivity (Wildman–Crippen MR) is 80.8 cm³/mol. The smallest absolute Gasteiger partial charge is 0.214 e. The molecule has 0 bridgehead atoms. The number of pyridine rings is 1. The summed E-state index contributed by atoms with van der Waals surface area (Å²) in [6.07, 6.45) is 8.44.